The molecular formula is C31H28ClF3N8O4. The van der Waals surface area contributed by atoms with Gasteiger partial charge in [-0.1, -0.05) is 18.5 Å². The molecule has 0 saturated carbocycles. The van der Waals surface area contributed by atoms with Crippen molar-refractivity contribution in [1.29, 1.82) is 0 Å². The van der Waals surface area contributed by atoms with E-state index in [1.807, 2.05) is 11.8 Å². The minimum absolute atomic E-state index is 0.00656. The van der Waals surface area contributed by atoms with Crippen molar-refractivity contribution in [2.75, 3.05) is 36.4 Å². The summed E-state index contributed by atoms with van der Waals surface area (Å²) in [6.07, 6.45) is -1.39. The molecule has 2 amide bonds. The molecule has 2 aromatic carbocycles. The number of alkyl halides is 3. The molecule has 47 heavy (non-hydrogen) atoms. The Balaban J connectivity index is 1.30. The number of nitrogens with one attached hydrogen (secondary N) is 2. The molecule has 0 atom stereocenters. The third-order valence-electron chi connectivity index (χ3n) is 8.03. The quantitative estimate of drug-likeness (QED) is 0.239. The van der Waals surface area contributed by atoms with Crippen LogP contribution >= 0.6 is 11.6 Å². The number of rotatable bonds is 6. The van der Waals surface area contributed by atoms with Gasteiger partial charge in [0.05, 0.1) is 33.8 Å². The van der Waals surface area contributed by atoms with Crippen LogP contribution in [0, 0.1) is 6.92 Å². The van der Waals surface area contributed by atoms with E-state index in [-0.39, 0.29) is 71.3 Å². The number of phenolic OH excluding ortho intramolecular Hbond substituents is 1. The smallest absolute Gasteiger partial charge is 0.416 e. The second-order valence-electron chi connectivity index (χ2n) is 11.0. The molecule has 1 fully saturated rings. The van der Waals surface area contributed by atoms with Gasteiger partial charge in [-0.15, -0.1) is 0 Å². The average Bonchev–Trinajstić information content (AvgIpc) is 3.51. The molecule has 1 aliphatic heterocycles. The van der Waals surface area contributed by atoms with Gasteiger partial charge in [-0.3, -0.25) is 14.4 Å². The van der Waals surface area contributed by atoms with Crippen LogP contribution in [0.3, 0.4) is 0 Å². The molecule has 4 heterocycles. The second kappa shape index (κ2) is 12.2. The summed E-state index contributed by atoms with van der Waals surface area (Å²) in [7, 11) is 0. The van der Waals surface area contributed by atoms with Gasteiger partial charge < -0.3 is 29.8 Å². The first kappa shape index (κ1) is 31.8. The number of aromatic amines is 1. The lowest BCUT2D eigenvalue weighted by molar-refractivity contribution is -0.137. The van der Waals surface area contributed by atoms with Crippen molar-refractivity contribution in [2.45, 2.75) is 33.0 Å². The minimum atomic E-state index is -4.60. The fourth-order valence-electron chi connectivity index (χ4n) is 5.79. The van der Waals surface area contributed by atoms with E-state index in [1.165, 1.54) is 18.6 Å². The Morgan fingerprint density at radius 2 is 1.83 bits per heavy atom. The minimum Gasteiger partial charge on any atom is -0.507 e. The fraction of sp³-hybridized carbons (Fsp3) is 0.290. The molecule has 0 bridgehead atoms. The zero-order valence-corrected chi connectivity index (χ0v) is 25.9. The van der Waals surface area contributed by atoms with E-state index in [0.29, 0.717) is 34.5 Å². The van der Waals surface area contributed by atoms with Crippen LogP contribution in [0.4, 0.5) is 24.5 Å². The SMILES string of the molecule is CCc1c(N2CCN(C(=O)c3c(O)ccc4[nH]cnc34)CC2)c(=O)c2ncc(C)nc2n1CC(=O)Nc1ccc(C(F)(F)F)cc1Cl. The molecule has 0 unspecified atom stereocenters. The monoisotopic (exact) mass is 668 g/mol. The van der Waals surface area contributed by atoms with Crippen molar-refractivity contribution in [3.05, 3.63) is 80.6 Å². The summed E-state index contributed by atoms with van der Waals surface area (Å²) in [5.74, 6) is -1.19. The van der Waals surface area contributed by atoms with Gasteiger partial charge in [-0.2, -0.15) is 13.2 Å². The highest BCUT2D eigenvalue weighted by Crippen LogP contribution is 2.34. The summed E-state index contributed by atoms with van der Waals surface area (Å²) < 4.78 is 40.9. The number of fused-ring (bicyclic) bond motifs is 2. The highest BCUT2D eigenvalue weighted by Gasteiger charge is 2.32. The second-order valence-corrected chi connectivity index (χ2v) is 11.4. The fourth-order valence-corrected chi connectivity index (χ4v) is 6.02. The maximum atomic E-state index is 13.9. The lowest BCUT2D eigenvalue weighted by Gasteiger charge is -2.37. The summed E-state index contributed by atoms with van der Waals surface area (Å²) in [6, 6.07) is 5.69. The van der Waals surface area contributed by atoms with Crippen molar-refractivity contribution < 1.29 is 27.9 Å². The van der Waals surface area contributed by atoms with Gasteiger partial charge in [0.1, 0.15) is 29.1 Å². The molecule has 5 aromatic rings. The maximum Gasteiger partial charge on any atom is 0.416 e. The van der Waals surface area contributed by atoms with Gasteiger partial charge in [0.15, 0.2) is 11.2 Å². The third-order valence-corrected chi connectivity index (χ3v) is 8.35. The van der Waals surface area contributed by atoms with Crippen molar-refractivity contribution in [3.8, 4) is 5.75 Å². The van der Waals surface area contributed by atoms with Crippen molar-refractivity contribution in [3.63, 3.8) is 0 Å². The topological polar surface area (TPSA) is 149 Å². The summed E-state index contributed by atoms with van der Waals surface area (Å²) in [4.78, 5) is 60.1. The van der Waals surface area contributed by atoms with Crippen molar-refractivity contribution in [1.82, 2.24) is 29.4 Å². The molecule has 1 saturated heterocycles. The lowest BCUT2D eigenvalue weighted by Crippen LogP contribution is -2.50. The number of H-pyrrole nitrogens is 1. The number of anilines is 2. The summed E-state index contributed by atoms with van der Waals surface area (Å²) in [5, 5.41) is 12.8. The summed E-state index contributed by atoms with van der Waals surface area (Å²) in [5.41, 5.74) is 1.24. The number of carbonyl (C=O) groups is 2. The largest absolute Gasteiger partial charge is 0.507 e. The first-order valence-electron chi connectivity index (χ1n) is 14.6. The Morgan fingerprint density at radius 1 is 1.09 bits per heavy atom. The molecule has 3 N–H and O–H groups in total. The first-order valence-corrected chi connectivity index (χ1v) is 15.0. The number of benzene rings is 2. The molecular weight excluding hydrogens is 641 g/mol. The van der Waals surface area contributed by atoms with E-state index >= 15 is 0 Å². The molecule has 12 nitrogen and oxygen atoms in total. The molecule has 16 heteroatoms. The third kappa shape index (κ3) is 5.93. The number of piperazine rings is 1. The van der Waals surface area contributed by atoms with Crippen molar-refractivity contribution in [2.24, 2.45) is 0 Å². The van der Waals surface area contributed by atoms with Gasteiger partial charge in [0, 0.05) is 38.1 Å². The van der Waals surface area contributed by atoms with Gasteiger partial charge >= 0.3 is 6.18 Å². The number of hydrogen-bond acceptors (Lipinski definition) is 8. The van der Waals surface area contributed by atoms with Crippen LogP contribution in [0.1, 0.15) is 34.2 Å². The van der Waals surface area contributed by atoms with Gasteiger partial charge in [0.2, 0.25) is 11.3 Å². The normalized spacial score (nSPS) is 13.8. The van der Waals surface area contributed by atoms with Crippen molar-refractivity contribution >= 4 is 57.0 Å². The van der Waals surface area contributed by atoms with Crippen LogP contribution in [0.5, 0.6) is 5.75 Å². The number of phenols is 1. The number of carbonyl (C=O) groups excluding carboxylic acids is 2. The standard InChI is InChI=1S/C31H28ClF3N8O4/c1-3-21-27(41-8-10-42(11-9-41)30(47)24-22(44)7-6-20-25(24)38-15-37-20)28(46)26-29(39-16(2)13-36-26)43(21)14-23(45)40-19-5-4-17(12-18(19)32)31(33,34)35/h4-7,12-13,15,44H,3,8-11,14H2,1-2H3,(H,37,38)(H,40,45). The molecule has 244 valence electrons. The molecule has 1 aliphatic rings. The molecule has 0 radical (unpaired) electrons. The van der Waals surface area contributed by atoms with Crippen LogP contribution in [0.15, 0.2) is 47.7 Å². The average molecular weight is 669 g/mol. The number of hydrogen-bond donors (Lipinski definition) is 3. The summed E-state index contributed by atoms with van der Waals surface area (Å²) >= 11 is 6.07. The Morgan fingerprint density at radius 3 is 2.51 bits per heavy atom. The van der Waals surface area contributed by atoms with E-state index in [9.17, 15) is 32.7 Å². The number of amides is 2. The van der Waals surface area contributed by atoms with Gasteiger partial charge in [-0.25, -0.2) is 15.0 Å². The maximum absolute atomic E-state index is 13.9. The predicted octanol–water partition coefficient (Wildman–Crippen LogP) is 4.52. The number of halogens is 4. The van der Waals surface area contributed by atoms with Crippen LogP contribution < -0.4 is 15.6 Å². The predicted molar refractivity (Wildman–Crippen MR) is 169 cm³/mol. The molecule has 6 rings (SSSR count). The van der Waals surface area contributed by atoms with E-state index < -0.39 is 23.6 Å². The number of pyridine rings is 1. The van der Waals surface area contributed by atoms with Gasteiger partial charge in [-0.05, 0) is 43.7 Å². The van der Waals surface area contributed by atoms with Crippen LogP contribution in [-0.2, 0) is 23.9 Å². The zero-order valence-electron chi connectivity index (χ0n) is 25.2. The zero-order chi connectivity index (χ0) is 33.6. The van der Waals surface area contributed by atoms with Crippen LogP contribution in [0.2, 0.25) is 5.02 Å². The molecule has 0 spiro atoms. The van der Waals surface area contributed by atoms with E-state index in [2.05, 4.69) is 25.3 Å². The Kier molecular flexibility index (Phi) is 8.26. The van der Waals surface area contributed by atoms with E-state index in [1.54, 1.807) is 22.5 Å². The van der Waals surface area contributed by atoms with Gasteiger partial charge in [0.25, 0.3) is 5.91 Å². The number of aromatic hydroxyl groups is 1. The molecule has 3 aromatic heterocycles. The van der Waals surface area contributed by atoms with E-state index in [4.69, 9.17) is 11.6 Å². The summed E-state index contributed by atoms with van der Waals surface area (Å²) in [6.45, 7) is 4.17. The number of aromatic nitrogens is 5. The molecule has 0 aliphatic carbocycles. The Hall–Kier alpha value is -5.18. The lowest BCUT2D eigenvalue weighted by atomic mass is 10.1. The van der Waals surface area contributed by atoms with E-state index in [0.717, 1.165) is 18.2 Å². The number of nitrogens with zero attached hydrogens (tertiary/aromatic N) is 6. The highest BCUT2D eigenvalue weighted by atomic mass is 35.5. The van der Waals surface area contributed by atoms with Crippen LogP contribution in [-0.4, -0.2) is 72.5 Å². The number of aryl methyl sites for hydroxylation is 1. The Labute approximate surface area is 269 Å². The van der Waals surface area contributed by atoms with Crippen LogP contribution in [0.25, 0.3) is 22.2 Å². The Bertz CT molecular complexity index is 2110. The first-order chi connectivity index (χ1) is 22.4. The highest BCUT2D eigenvalue weighted by molar-refractivity contribution is 6.33. The number of imidazole rings is 1.